The van der Waals surface area contributed by atoms with Gasteiger partial charge < -0.3 is 9.84 Å². The molecule has 0 saturated heterocycles. The molecular weight excluding hydrogens is 250 g/mol. The molecule has 0 saturated carbocycles. The maximum Gasteiger partial charge on any atom is 0.325 e. The summed E-state index contributed by atoms with van der Waals surface area (Å²) in [5.41, 5.74) is -1.64. The normalized spacial score (nSPS) is 16.9. The van der Waals surface area contributed by atoms with E-state index in [-0.39, 0.29) is 6.42 Å². The predicted octanol–water partition coefficient (Wildman–Crippen LogP) is -0.279. The van der Waals surface area contributed by atoms with Crippen LogP contribution in [0.1, 0.15) is 27.2 Å². The Labute approximate surface area is 100 Å². The molecule has 100 valence electrons. The van der Waals surface area contributed by atoms with Crippen LogP contribution in [0, 0.1) is 0 Å². The van der Waals surface area contributed by atoms with Crippen LogP contribution in [0.2, 0.25) is 0 Å². The lowest BCUT2D eigenvalue weighted by Crippen LogP contribution is -2.54. The largest absolute Gasteiger partial charge is 0.480 e. The van der Waals surface area contributed by atoms with Crippen molar-refractivity contribution in [1.82, 2.24) is 4.72 Å². The van der Waals surface area contributed by atoms with Crippen molar-refractivity contribution in [2.45, 2.75) is 38.0 Å². The summed E-state index contributed by atoms with van der Waals surface area (Å²) in [6, 6.07) is 0. The molecule has 0 fully saturated rings. The van der Waals surface area contributed by atoms with Gasteiger partial charge in [0.05, 0.1) is 7.11 Å². The Bertz CT molecular complexity index is 404. The first-order valence-electron chi connectivity index (χ1n) is 4.94. The van der Waals surface area contributed by atoms with Crippen molar-refractivity contribution >= 4 is 22.0 Å². The van der Waals surface area contributed by atoms with Crippen LogP contribution in [0.5, 0.6) is 0 Å². The minimum Gasteiger partial charge on any atom is -0.480 e. The van der Waals surface area contributed by atoms with E-state index >= 15 is 0 Å². The van der Waals surface area contributed by atoms with Gasteiger partial charge in [0.1, 0.15) is 5.54 Å². The van der Waals surface area contributed by atoms with Crippen LogP contribution in [0.25, 0.3) is 0 Å². The number of ether oxygens (including phenoxy) is 1. The zero-order chi connectivity index (χ0) is 13.9. The first-order valence-corrected chi connectivity index (χ1v) is 6.49. The van der Waals surface area contributed by atoms with Crippen molar-refractivity contribution in [3.8, 4) is 0 Å². The molecule has 2 N–H and O–H groups in total. The average molecular weight is 267 g/mol. The van der Waals surface area contributed by atoms with Crippen LogP contribution in [-0.4, -0.2) is 43.4 Å². The Hall–Kier alpha value is -1.15. The molecular formula is C9H17NO6S. The van der Waals surface area contributed by atoms with E-state index in [1.54, 1.807) is 0 Å². The van der Waals surface area contributed by atoms with E-state index in [2.05, 4.69) is 4.74 Å². The van der Waals surface area contributed by atoms with Gasteiger partial charge in [-0.2, -0.15) is 4.72 Å². The SMILES string of the molecule is CCC(C)(NS(=O)(=O)C(C)C(=O)OC)C(=O)O. The topological polar surface area (TPSA) is 110 Å². The van der Waals surface area contributed by atoms with Crippen LogP contribution in [0.3, 0.4) is 0 Å². The van der Waals surface area contributed by atoms with E-state index in [1.807, 2.05) is 4.72 Å². The molecule has 0 amide bonds. The summed E-state index contributed by atoms with van der Waals surface area (Å²) >= 11 is 0. The first kappa shape index (κ1) is 15.9. The molecule has 0 rings (SSSR count). The molecule has 7 nitrogen and oxygen atoms in total. The highest BCUT2D eigenvalue weighted by molar-refractivity contribution is 7.90. The van der Waals surface area contributed by atoms with E-state index in [4.69, 9.17) is 5.11 Å². The number of carboxylic acids is 1. The van der Waals surface area contributed by atoms with Crippen LogP contribution in [0.15, 0.2) is 0 Å². The lowest BCUT2D eigenvalue weighted by Gasteiger charge is -2.25. The van der Waals surface area contributed by atoms with Crippen molar-refractivity contribution in [2.24, 2.45) is 0 Å². The number of carbonyl (C=O) groups excluding carboxylic acids is 1. The Morgan fingerprint density at radius 1 is 1.47 bits per heavy atom. The van der Waals surface area contributed by atoms with Gasteiger partial charge in [-0.1, -0.05) is 6.92 Å². The fourth-order valence-electron chi connectivity index (χ4n) is 0.962. The fourth-order valence-corrected chi connectivity index (χ4v) is 2.35. The van der Waals surface area contributed by atoms with Crippen LogP contribution < -0.4 is 4.72 Å². The molecule has 17 heavy (non-hydrogen) atoms. The quantitative estimate of drug-likeness (QED) is 0.640. The lowest BCUT2D eigenvalue weighted by molar-refractivity contribution is -0.144. The first-order chi connectivity index (χ1) is 7.60. The monoisotopic (exact) mass is 267 g/mol. The number of rotatable bonds is 6. The summed E-state index contributed by atoms with van der Waals surface area (Å²) in [7, 11) is -3.03. The molecule has 0 aromatic heterocycles. The average Bonchev–Trinajstić information content (AvgIpc) is 2.25. The summed E-state index contributed by atoms with van der Waals surface area (Å²) in [6.45, 7) is 3.89. The van der Waals surface area contributed by atoms with Crippen LogP contribution in [0.4, 0.5) is 0 Å². The second-order valence-corrected chi connectivity index (χ2v) is 5.80. The number of sulfonamides is 1. The molecule has 0 spiro atoms. The standard InChI is InChI=1S/C9H17NO6S/c1-5-9(3,8(12)13)10-17(14,15)6(2)7(11)16-4/h6,10H,5H2,1-4H3,(H,12,13). The molecule has 0 bridgehead atoms. The number of carboxylic acid groups (broad SMARTS) is 1. The van der Waals surface area contributed by atoms with E-state index in [1.165, 1.54) is 13.8 Å². The molecule has 0 aromatic rings. The Morgan fingerprint density at radius 2 is 1.94 bits per heavy atom. The molecule has 0 aliphatic rings. The molecule has 0 aliphatic heterocycles. The fraction of sp³-hybridized carbons (Fsp3) is 0.778. The summed E-state index contributed by atoms with van der Waals surface area (Å²) in [5.74, 6) is -2.25. The summed E-state index contributed by atoms with van der Waals surface area (Å²) in [4.78, 5) is 22.1. The van der Waals surface area contributed by atoms with Gasteiger partial charge in [0, 0.05) is 0 Å². The minimum atomic E-state index is -4.09. The third-order valence-electron chi connectivity index (χ3n) is 2.55. The highest BCUT2D eigenvalue weighted by atomic mass is 32.2. The molecule has 8 heteroatoms. The summed E-state index contributed by atoms with van der Waals surface area (Å²) in [5, 5.41) is 7.47. The predicted molar refractivity (Wildman–Crippen MR) is 59.9 cm³/mol. The van der Waals surface area contributed by atoms with Gasteiger partial charge in [-0.25, -0.2) is 8.42 Å². The second kappa shape index (κ2) is 5.46. The van der Waals surface area contributed by atoms with Crippen LogP contribution >= 0.6 is 0 Å². The number of esters is 1. The maximum atomic E-state index is 11.7. The number of nitrogens with one attached hydrogen (secondary N) is 1. The van der Waals surface area contributed by atoms with Crippen molar-refractivity contribution in [3.63, 3.8) is 0 Å². The zero-order valence-corrected chi connectivity index (χ0v) is 11.0. The molecule has 2 unspecified atom stereocenters. The zero-order valence-electron chi connectivity index (χ0n) is 10.2. The van der Waals surface area contributed by atoms with Gasteiger partial charge in [0.25, 0.3) is 0 Å². The van der Waals surface area contributed by atoms with Crippen LogP contribution in [-0.2, 0) is 24.3 Å². The third kappa shape index (κ3) is 3.67. The molecule has 0 heterocycles. The smallest absolute Gasteiger partial charge is 0.325 e. The Morgan fingerprint density at radius 3 is 2.24 bits per heavy atom. The summed E-state index contributed by atoms with van der Waals surface area (Å²) < 4.78 is 29.8. The number of carbonyl (C=O) groups is 2. The summed E-state index contributed by atoms with van der Waals surface area (Å²) in [6.07, 6.45) is 0.0510. The molecule has 0 radical (unpaired) electrons. The van der Waals surface area contributed by atoms with E-state index < -0.39 is 32.8 Å². The van der Waals surface area contributed by atoms with E-state index in [0.717, 1.165) is 14.0 Å². The van der Waals surface area contributed by atoms with E-state index in [9.17, 15) is 18.0 Å². The minimum absolute atomic E-state index is 0.0510. The molecule has 2 atom stereocenters. The second-order valence-electron chi connectivity index (χ2n) is 3.80. The van der Waals surface area contributed by atoms with Crippen molar-refractivity contribution in [3.05, 3.63) is 0 Å². The Kier molecular flexibility index (Phi) is 5.09. The lowest BCUT2D eigenvalue weighted by atomic mass is 10.0. The van der Waals surface area contributed by atoms with Gasteiger partial charge in [-0.05, 0) is 20.3 Å². The van der Waals surface area contributed by atoms with Gasteiger partial charge >= 0.3 is 11.9 Å². The van der Waals surface area contributed by atoms with Gasteiger partial charge in [-0.3, -0.25) is 9.59 Å². The van der Waals surface area contributed by atoms with Gasteiger partial charge in [0.15, 0.2) is 5.25 Å². The number of methoxy groups -OCH3 is 1. The third-order valence-corrected chi connectivity index (χ3v) is 4.40. The van der Waals surface area contributed by atoms with Gasteiger partial charge in [0.2, 0.25) is 10.0 Å². The molecule has 0 aromatic carbocycles. The number of hydrogen-bond donors (Lipinski definition) is 2. The van der Waals surface area contributed by atoms with Crippen molar-refractivity contribution in [2.75, 3.05) is 7.11 Å². The van der Waals surface area contributed by atoms with Crippen molar-refractivity contribution < 1.29 is 27.9 Å². The molecule has 0 aliphatic carbocycles. The Balaban J connectivity index is 5.12. The van der Waals surface area contributed by atoms with Gasteiger partial charge in [-0.15, -0.1) is 0 Å². The number of hydrogen-bond acceptors (Lipinski definition) is 5. The van der Waals surface area contributed by atoms with Crippen molar-refractivity contribution in [1.29, 1.82) is 0 Å². The highest BCUT2D eigenvalue weighted by Gasteiger charge is 2.39. The highest BCUT2D eigenvalue weighted by Crippen LogP contribution is 2.13. The maximum absolute atomic E-state index is 11.7. The van der Waals surface area contributed by atoms with E-state index in [0.29, 0.717) is 0 Å². The number of aliphatic carboxylic acids is 1.